The number of anilines is 1. The standard InChI is InChI=1S/C9H12BrN3O4/c10-6-7(15)4(3-14)17-8(6)13-2-1-5(11)12-9(13)16/h1-2,4,6-8,14-15H,3H2,(H2,11,12,16)/t4-,6-,7-,8-/m1/s1. The van der Waals surface area contributed by atoms with Crippen molar-refractivity contribution in [2.24, 2.45) is 0 Å². The van der Waals surface area contributed by atoms with Crippen molar-refractivity contribution in [1.29, 1.82) is 0 Å². The molecule has 0 saturated carbocycles. The summed E-state index contributed by atoms with van der Waals surface area (Å²) in [6.07, 6.45) is -0.901. The van der Waals surface area contributed by atoms with E-state index in [-0.39, 0.29) is 12.4 Å². The van der Waals surface area contributed by atoms with E-state index in [0.717, 1.165) is 0 Å². The Kier molecular flexibility index (Phi) is 3.48. The summed E-state index contributed by atoms with van der Waals surface area (Å²) in [4.78, 5) is 14.7. The molecule has 0 aliphatic carbocycles. The monoisotopic (exact) mass is 305 g/mol. The number of alkyl halides is 1. The average Bonchev–Trinajstić information content (AvgIpc) is 2.57. The summed E-state index contributed by atoms with van der Waals surface area (Å²) in [5.74, 6) is 0.120. The van der Waals surface area contributed by atoms with Crippen LogP contribution in [-0.4, -0.2) is 43.4 Å². The van der Waals surface area contributed by atoms with Gasteiger partial charge in [-0.2, -0.15) is 4.98 Å². The fourth-order valence-electron chi connectivity index (χ4n) is 1.70. The first-order chi connectivity index (χ1) is 8.04. The van der Waals surface area contributed by atoms with E-state index in [1.54, 1.807) is 0 Å². The lowest BCUT2D eigenvalue weighted by atomic mass is 10.2. The topological polar surface area (TPSA) is 111 Å². The van der Waals surface area contributed by atoms with Gasteiger partial charge >= 0.3 is 5.69 Å². The average molecular weight is 306 g/mol. The summed E-state index contributed by atoms with van der Waals surface area (Å²) >= 11 is 3.24. The smallest absolute Gasteiger partial charge is 0.351 e. The van der Waals surface area contributed by atoms with E-state index in [1.807, 2.05) is 0 Å². The van der Waals surface area contributed by atoms with Gasteiger partial charge in [0.05, 0.1) is 17.5 Å². The van der Waals surface area contributed by atoms with Gasteiger partial charge in [0.15, 0.2) is 6.23 Å². The maximum Gasteiger partial charge on any atom is 0.351 e. The number of aliphatic hydroxyl groups is 2. The predicted molar refractivity (Wildman–Crippen MR) is 62.6 cm³/mol. The highest BCUT2D eigenvalue weighted by Crippen LogP contribution is 2.33. The highest BCUT2D eigenvalue weighted by molar-refractivity contribution is 9.09. The van der Waals surface area contributed by atoms with Crippen molar-refractivity contribution in [2.75, 3.05) is 12.3 Å². The molecule has 2 rings (SSSR count). The molecule has 4 atom stereocenters. The van der Waals surface area contributed by atoms with Gasteiger partial charge in [0.2, 0.25) is 0 Å². The molecule has 1 aromatic rings. The van der Waals surface area contributed by atoms with Crippen LogP contribution in [0.25, 0.3) is 0 Å². The maximum atomic E-state index is 11.6. The van der Waals surface area contributed by atoms with Gasteiger partial charge in [0, 0.05) is 6.20 Å². The van der Waals surface area contributed by atoms with E-state index in [4.69, 9.17) is 15.6 Å². The minimum Gasteiger partial charge on any atom is -0.394 e. The molecule has 0 unspecified atom stereocenters. The van der Waals surface area contributed by atoms with Crippen LogP contribution in [-0.2, 0) is 4.74 Å². The van der Waals surface area contributed by atoms with E-state index in [9.17, 15) is 9.90 Å². The molecule has 0 amide bonds. The number of aromatic nitrogens is 2. The fourth-order valence-corrected chi connectivity index (χ4v) is 2.42. The predicted octanol–water partition coefficient (Wildman–Crippen LogP) is -1.16. The van der Waals surface area contributed by atoms with Crippen LogP contribution in [0.5, 0.6) is 0 Å². The van der Waals surface area contributed by atoms with Gasteiger partial charge in [0.25, 0.3) is 0 Å². The number of rotatable bonds is 2. The number of halogens is 1. The van der Waals surface area contributed by atoms with Gasteiger partial charge < -0.3 is 20.7 Å². The van der Waals surface area contributed by atoms with Crippen molar-refractivity contribution in [3.63, 3.8) is 0 Å². The zero-order valence-electron chi connectivity index (χ0n) is 8.73. The van der Waals surface area contributed by atoms with E-state index in [0.29, 0.717) is 0 Å². The van der Waals surface area contributed by atoms with Gasteiger partial charge in [-0.1, -0.05) is 15.9 Å². The molecule has 1 aliphatic rings. The zero-order valence-corrected chi connectivity index (χ0v) is 10.3. The molecule has 8 heteroatoms. The van der Waals surface area contributed by atoms with Gasteiger partial charge in [0.1, 0.15) is 11.9 Å². The molecule has 1 aromatic heterocycles. The molecule has 0 radical (unpaired) electrons. The van der Waals surface area contributed by atoms with Gasteiger partial charge in [-0.15, -0.1) is 0 Å². The lowest BCUT2D eigenvalue weighted by Crippen LogP contribution is -2.32. The number of ether oxygens (including phenoxy) is 1. The van der Waals surface area contributed by atoms with Gasteiger partial charge in [-0.25, -0.2) is 4.79 Å². The molecule has 1 saturated heterocycles. The van der Waals surface area contributed by atoms with Crippen LogP contribution in [0.3, 0.4) is 0 Å². The summed E-state index contributed by atoms with van der Waals surface area (Å²) in [6.45, 7) is -0.323. The van der Waals surface area contributed by atoms with Crippen molar-refractivity contribution in [3.8, 4) is 0 Å². The zero-order chi connectivity index (χ0) is 12.6. The van der Waals surface area contributed by atoms with E-state index < -0.39 is 29.0 Å². The lowest BCUT2D eigenvalue weighted by Gasteiger charge is -2.16. The molecule has 4 N–H and O–H groups in total. The van der Waals surface area contributed by atoms with Crippen LogP contribution >= 0.6 is 15.9 Å². The first kappa shape index (κ1) is 12.5. The number of nitrogen functional groups attached to an aromatic ring is 1. The minimum absolute atomic E-state index is 0.120. The second-order valence-corrected chi connectivity index (χ2v) is 4.78. The molecule has 7 nitrogen and oxygen atoms in total. The Hall–Kier alpha value is -0.960. The van der Waals surface area contributed by atoms with E-state index >= 15 is 0 Å². The number of nitrogens with two attached hydrogens (primary N) is 1. The summed E-state index contributed by atoms with van der Waals surface area (Å²) in [5, 5.41) is 18.7. The molecule has 0 spiro atoms. The third-order valence-electron chi connectivity index (χ3n) is 2.60. The summed E-state index contributed by atoms with van der Waals surface area (Å²) < 4.78 is 6.59. The fraction of sp³-hybridized carbons (Fsp3) is 0.556. The normalized spacial score (nSPS) is 32.9. The Balaban J connectivity index is 2.32. The highest BCUT2D eigenvalue weighted by atomic mass is 79.9. The molecule has 94 valence electrons. The molecule has 0 aromatic carbocycles. The van der Waals surface area contributed by atoms with Crippen LogP contribution in [0.2, 0.25) is 0 Å². The largest absolute Gasteiger partial charge is 0.394 e. The van der Waals surface area contributed by atoms with E-state index in [2.05, 4.69) is 20.9 Å². The number of nitrogens with zero attached hydrogens (tertiary/aromatic N) is 2. The van der Waals surface area contributed by atoms with Crippen molar-refractivity contribution in [2.45, 2.75) is 23.3 Å². The first-order valence-corrected chi connectivity index (χ1v) is 5.89. The molecule has 2 heterocycles. The van der Waals surface area contributed by atoms with Crippen molar-refractivity contribution in [1.82, 2.24) is 9.55 Å². The second kappa shape index (κ2) is 4.73. The summed E-state index contributed by atoms with van der Waals surface area (Å²) in [6, 6.07) is 1.46. The summed E-state index contributed by atoms with van der Waals surface area (Å²) in [5.41, 5.74) is 4.81. The van der Waals surface area contributed by atoms with Crippen LogP contribution < -0.4 is 11.4 Å². The van der Waals surface area contributed by atoms with Crippen LogP contribution in [0.15, 0.2) is 17.1 Å². The number of hydrogen-bond donors (Lipinski definition) is 3. The Labute approximate surface area is 105 Å². The Morgan fingerprint density at radius 3 is 2.88 bits per heavy atom. The van der Waals surface area contributed by atoms with Crippen LogP contribution in [0.1, 0.15) is 6.23 Å². The summed E-state index contributed by atoms with van der Waals surface area (Å²) in [7, 11) is 0. The highest BCUT2D eigenvalue weighted by Gasteiger charge is 2.43. The van der Waals surface area contributed by atoms with Crippen molar-refractivity contribution >= 4 is 21.7 Å². The minimum atomic E-state index is -0.894. The van der Waals surface area contributed by atoms with Crippen molar-refractivity contribution < 1.29 is 14.9 Å². The van der Waals surface area contributed by atoms with Gasteiger partial charge in [-0.3, -0.25) is 4.57 Å². The third kappa shape index (κ3) is 2.21. The maximum absolute atomic E-state index is 11.6. The first-order valence-electron chi connectivity index (χ1n) is 4.97. The molecular formula is C9H12BrN3O4. The molecule has 1 aliphatic heterocycles. The second-order valence-electron chi connectivity index (χ2n) is 3.72. The number of hydrogen-bond acceptors (Lipinski definition) is 6. The van der Waals surface area contributed by atoms with Crippen LogP contribution in [0.4, 0.5) is 5.82 Å². The van der Waals surface area contributed by atoms with E-state index in [1.165, 1.54) is 16.8 Å². The third-order valence-corrected chi connectivity index (χ3v) is 3.59. The molecular weight excluding hydrogens is 294 g/mol. The Morgan fingerprint density at radius 2 is 2.35 bits per heavy atom. The SMILES string of the molecule is Nc1ccn([C@@H]2O[C@H](CO)[C@@H](O)[C@H]2Br)c(=O)n1. The van der Waals surface area contributed by atoms with Gasteiger partial charge in [-0.05, 0) is 6.07 Å². The molecule has 1 fully saturated rings. The van der Waals surface area contributed by atoms with Crippen LogP contribution in [0, 0.1) is 0 Å². The Bertz CT molecular complexity index is 466. The molecule has 17 heavy (non-hydrogen) atoms. The van der Waals surface area contributed by atoms with Crippen molar-refractivity contribution in [3.05, 3.63) is 22.7 Å². The Morgan fingerprint density at radius 1 is 1.65 bits per heavy atom. The quantitative estimate of drug-likeness (QED) is 0.594. The molecule has 0 bridgehead atoms. The lowest BCUT2D eigenvalue weighted by molar-refractivity contribution is -0.0456. The number of aliphatic hydroxyl groups excluding tert-OH is 2.